The molecule has 0 aliphatic rings. The van der Waals surface area contributed by atoms with Gasteiger partial charge < -0.3 is 15.4 Å². The van der Waals surface area contributed by atoms with Crippen LogP contribution in [-0.4, -0.2) is 19.2 Å². The smallest absolute Gasteiger partial charge is 0.319 e. The molecule has 2 N–H and O–H groups in total. The maximum absolute atomic E-state index is 12.9. The second kappa shape index (κ2) is 7.50. The van der Waals surface area contributed by atoms with Crippen molar-refractivity contribution in [3.05, 3.63) is 59.4 Å². The predicted molar refractivity (Wildman–Crippen MR) is 80.4 cm³/mol. The number of carbonyl (C=O) groups excluding carboxylic acids is 1. The van der Waals surface area contributed by atoms with Crippen LogP contribution in [0.25, 0.3) is 0 Å². The van der Waals surface area contributed by atoms with E-state index in [1.807, 2.05) is 0 Å². The lowest BCUT2D eigenvalue weighted by Crippen LogP contribution is -2.32. The molecule has 2 aromatic rings. The van der Waals surface area contributed by atoms with E-state index in [-0.39, 0.29) is 18.5 Å². The van der Waals surface area contributed by atoms with Crippen molar-refractivity contribution in [2.75, 3.05) is 18.5 Å². The molecule has 0 atom stereocenters. The summed E-state index contributed by atoms with van der Waals surface area (Å²) in [6.45, 7) is 0.549. The number of urea groups is 1. The molecule has 0 aliphatic carbocycles. The van der Waals surface area contributed by atoms with E-state index in [2.05, 4.69) is 10.6 Å². The van der Waals surface area contributed by atoms with Crippen LogP contribution in [0.5, 0.6) is 5.75 Å². The first-order chi connectivity index (χ1) is 10.1. The third kappa shape index (κ3) is 5.31. The Labute approximate surface area is 126 Å². The quantitative estimate of drug-likeness (QED) is 0.828. The number of benzene rings is 2. The average molecular weight is 309 g/mol. The highest BCUT2D eigenvalue weighted by Crippen LogP contribution is 2.13. The Morgan fingerprint density at radius 2 is 1.95 bits per heavy atom. The van der Waals surface area contributed by atoms with Gasteiger partial charge >= 0.3 is 6.03 Å². The number of hydrogen-bond acceptors (Lipinski definition) is 2. The first kappa shape index (κ1) is 15.1. The molecule has 2 rings (SSSR count). The maximum atomic E-state index is 12.9. The Balaban J connectivity index is 1.68. The van der Waals surface area contributed by atoms with Gasteiger partial charge in [-0.2, -0.15) is 0 Å². The molecule has 0 spiro atoms. The van der Waals surface area contributed by atoms with E-state index in [9.17, 15) is 9.18 Å². The number of halogens is 2. The van der Waals surface area contributed by atoms with Crippen molar-refractivity contribution in [1.82, 2.24) is 5.32 Å². The van der Waals surface area contributed by atoms with Crippen molar-refractivity contribution in [3.63, 3.8) is 0 Å². The molecule has 21 heavy (non-hydrogen) atoms. The lowest BCUT2D eigenvalue weighted by molar-refractivity contribution is 0.247. The van der Waals surface area contributed by atoms with Crippen LogP contribution in [0.4, 0.5) is 14.9 Å². The first-order valence-corrected chi connectivity index (χ1v) is 6.70. The Kier molecular flexibility index (Phi) is 5.40. The minimum Gasteiger partial charge on any atom is -0.492 e. The Morgan fingerprint density at radius 1 is 1.19 bits per heavy atom. The minimum absolute atomic E-state index is 0.248. The van der Waals surface area contributed by atoms with Gasteiger partial charge in [0.05, 0.1) is 6.54 Å². The second-order valence-corrected chi connectivity index (χ2v) is 4.63. The van der Waals surface area contributed by atoms with Crippen molar-refractivity contribution in [3.8, 4) is 5.75 Å². The normalized spacial score (nSPS) is 10.0. The molecule has 6 heteroatoms. The minimum atomic E-state index is -0.360. The highest BCUT2D eigenvalue weighted by molar-refractivity contribution is 6.30. The third-order valence-corrected chi connectivity index (χ3v) is 2.81. The number of carbonyl (C=O) groups is 1. The van der Waals surface area contributed by atoms with Gasteiger partial charge in [0.1, 0.15) is 18.2 Å². The molecular weight excluding hydrogens is 295 g/mol. The van der Waals surface area contributed by atoms with E-state index in [0.29, 0.717) is 23.0 Å². The fourth-order valence-electron chi connectivity index (χ4n) is 1.60. The number of nitrogens with one attached hydrogen (secondary N) is 2. The summed E-state index contributed by atoms with van der Waals surface area (Å²) in [6.07, 6.45) is 0. The van der Waals surface area contributed by atoms with Crippen LogP contribution in [-0.2, 0) is 0 Å². The number of rotatable bonds is 5. The Morgan fingerprint density at radius 3 is 2.67 bits per heavy atom. The van der Waals surface area contributed by atoms with Crippen LogP contribution in [0.3, 0.4) is 0 Å². The zero-order chi connectivity index (χ0) is 15.1. The average Bonchev–Trinajstić information content (AvgIpc) is 2.46. The monoisotopic (exact) mass is 308 g/mol. The van der Waals surface area contributed by atoms with E-state index in [4.69, 9.17) is 16.3 Å². The van der Waals surface area contributed by atoms with Crippen LogP contribution >= 0.6 is 11.6 Å². The summed E-state index contributed by atoms with van der Waals surface area (Å²) in [5, 5.41) is 5.88. The van der Waals surface area contributed by atoms with Crippen LogP contribution in [0, 0.1) is 5.82 Å². The molecular formula is C15H14ClFN2O2. The van der Waals surface area contributed by atoms with Gasteiger partial charge in [-0.1, -0.05) is 17.7 Å². The maximum Gasteiger partial charge on any atom is 0.319 e. The van der Waals surface area contributed by atoms with Gasteiger partial charge in [0.25, 0.3) is 0 Å². The van der Waals surface area contributed by atoms with E-state index in [0.717, 1.165) is 0 Å². The third-order valence-electron chi connectivity index (χ3n) is 2.55. The molecule has 0 unspecified atom stereocenters. The van der Waals surface area contributed by atoms with Crippen LogP contribution in [0.15, 0.2) is 48.5 Å². The molecule has 0 bridgehead atoms. The number of amides is 2. The molecule has 0 aromatic heterocycles. The molecule has 4 nitrogen and oxygen atoms in total. The lowest BCUT2D eigenvalue weighted by Gasteiger charge is -2.09. The van der Waals surface area contributed by atoms with E-state index in [1.165, 1.54) is 12.1 Å². The predicted octanol–water partition coefficient (Wildman–Crippen LogP) is 3.68. The summed E-state index contributed by atoms with van der Waals surface area (Å²) in [5.41, 5.74) is 0.642. The van der Waals surface area contributed by atoms with Gasteiger partial charge in [-0.25, -0.2) is 9.18 Å². The fraction of sp³-hybridized carbons (Fsp3) is 0.133. The molecule has 0 saturated heterocycles. The van der Waals surface area contributed by atoms with Crippen LogP contribution < -0.4 is 15.4 Å². The standard InChI is InChI=1S/C15H14ClFN2O2/c16-11-4-6-13(7-5-11)19-15(20)18-8-9-21-14-3-1-2-12(17)10-14/h1-7,10H,8-9H2,(H2,18,19,20). The Bertz CT molecular complexity index is 605. The summed E-state index contributed by atoms with van der Waals surface area (Å²) < 4.78 is 18.2. The van der Waals surface area contributed by atoms with Crippen LogP contribution in [0.1, 0.15) is 0 Å². The van der Waals surface area contributed by atoms with Crippen molar-refractivity contribution < 1.29 is 13.9 Å². The highest BCUT2D eigenvalue weighted by Gasteiger charge is 2.01. The van der Waals surface area contributed by atoms with Gasteiger partial charge in [-0.3, -0.25) is 0 Å². The first-order valence-electron chi connectivity index (χ1n) is 6.32. The zero-order valence-corrected chi connectivity index (χ0v) is 11.9. The molecule has 0 fully saturated rings. The SMILES string of the molecule is O=C(NCCOc1cccc(F)c1)Nc1ccc(Cl)cc1. The number of ether oxygens (including phenoxy) is 1. The van der Waals surface area contributed by atoms with Gasteiger partial charge in [0.15, 0.2) is 0 Å². The molecule has 0 heterocycles. The molecule has 110 valence electrons. The number of anilines is 1. The molecule has 0 radical (unpaired) electrons. The van der Waals surface area contributed by atoms with Gasteiger partial charge in [0, 0.05) is 16.8 Å². The molecule has 2 amide bonds. The van der Waals surface area contributed by atoms with Crippen LogP contribution in [0.2, 0.25) is 5.02 Å². The van der Waals surface area contributed by atoms with Gasteiger partial charge in [-0.05, 0) is 36.4 Å². The molecule has 2 aromatic carbocycles. The fourth-order valence-corrected chi connectivity index (χ4v) is 1.72. The summed E-state index contributed by atoms with van der Waals surface area (Å²) in [7, 11) is 0. The summed E-state index contributed by atoms with van der Waals surface area (Å²) in [5.74, 6) is 0.0656. The van der Waals surface area contributed by atoms with E-state index in [1.54, 1.807) is 36.4 Å². The van der Waals surface area contributed by atoms with E-state index < -0.39 is 0 Å². The Hall–Kier alpha value is -2.27. The number of hydrogen-bond donors (Lipinski definition) is 2. The topological polar surface area (TPSA) is 50.4 Å². The van der Waals surface area contributed by atoms with Gasteiger partial charge in [0.2, 0.25) is 0 Å². The lowest BCUT2D eigenvalue weighted by atomic mass is 10.3. The summed E-state index contributed by atoms with van der Waals surface area (Å²) in [4.78, 5) is 11.6. The van der Waals surface area contributed by atoms with Crippen molar-refractivity contribution >= 4 is 23.3 Å². The largest absolute Gasteiger partial charge is 0.492 e. The van der Waals surface area contributed by atoms with Crippen molar-refractivity contribution in [2.24, 2.45) is 0 Å². The van der Waals surface area contributed by atoms with Crippen molar-refractivity contribution in [2.45, 2.75) is 0 Å². The van der Waals surface area contributed by atoms with E-state index >= 15 is 0 Å². The second-order valence-electron chi connectivity index (χ2n) is 4.19. The molecule has 0 aliphatic heterocycles. The summed E-state index contributed by atoms with van der Waals surface area (Å²) in [6, 6.07) is 12.3. The van der Waals surface area contributed by atoms with Crippen molar-refractivity contribution in [1.29, 1.82) is 0 Å². The highest BCUT2D eigenvalue weighted by atomic mass is 35.5. The molecule has 0 saturated carbocycles. The van der Waals surface area contributed by atoms with Gasteiger partial charge in [-0.15, -0.1) is 0 Å². The zero-order valence-electron chi connectivity index (χ0n) is 11.1. The summed E-state index contributed by atoms with van der Waals surface area (Å²) >= 11 is 5.75.